The Morgan fingerprint density at radius 3 is 3.31 bits per heavy atom. The van der Waals surface area contributed by atoms with Crippen LogP contribution in [0.2, 0.25) is 0 Å². The first-order chi connectivity index (χ1) is 7.75. The van der Waals surface area contributed by atoms with E-state index < -0.39 is 0 Å². The number of thiazole rings is 1. The Morgan fingerprint density at radius 1 is 1.75 bits per heavy atom. The molecule has 0 radical (unpaired) electrons. The molecule has 2 unspecified atom stereocenters. The fourth-order valence-electron chi connectivity index (χ4n) is 1.93. The molecule has 1 amide bonds. The van der Waals surface area contributed by atoms with Gasteiger partial charge in [0.15, 0.2) is 0 Å². The van der Waals surface area contributed by atoms with Crippen molar-refractivity contribution < 1.29 is 4.79 Å². The first-order valence-electron chi connectivity index (χ1n) is 5.64. The number of nitrogens with zero attached hydrogens (tertiary/aromatic N) is 1. The molecule has 5 heteroatoms. The monoisotopic (exact) mass is 239 g/mol. The fourth-order valence-corrected chi connectivity index (χ4v) is 2.49. The van der Waals surface area contributed by atoms with E-state index in [1.807, 2.05) is 5.38 Å². The second-order valence-corrected chi connectivity index (χ2v) is 5.05. The first kappa shape index (κ1) is 11.5. The number of piperidine rings is 1. The van der Waals surface area contributed by atoms with Crippen molar-refractivity contribution in [1.82, 2.24) is 15.6 Å². The molecule has 1 saturated heterocycles. The maximum absolute atomic E-state index is 11.8. The van der Waals surface area contributed by atoms with Gasteiger partial charge in [0.05, 0.1) is 23.8 Å². The van der Waals surface area contributed by atoms with Gasteiger partial charge in [-0.1, -0.05) is 6.92 Å². The van der Waals surface area contributed by atoms with Crippen LogP contribution in [0.4, 0.5) is 0 Å². The number of hydrogen-bond acceptors (Lipinski definition) is 4. The summed E-state index contributed by atoms with van der Waals surface area (Å²) in [6, 6.07) is -0.0256. The molecule has 2 atom stereocenters. The van der Waals surface area contributed by atoms with Gasteiger partial charge in [0.2, 0.25) is 5.91 Å². The molecule has 1 aliphatic heterocycles. The standard InChI is InChI=1S/C11H17N3OS/c1-8-2-3-12-10(4-8)11(15)13-5-9-6-16-7-14-9/h6-8,10,12H,2-5H2,1H3,(H,13,15). The minimum Gasteiger partial charge on any atom is -0.349 e. The van der Waals surface area contributed by atoms with Gasteiger partial charge in [-0.15, -0.1) is 11.3 Å². The molecule has 0 spiro atoms. The van der Waals surface area contributed by atoms with Crippen LogP contribution >= 0.6 is 11.3 Å². The van der Waals surface area contributed by atoms with Crippen molar-refractivity contribution in [3.8, 4) is 0 Å². The second kappa shape index (κ2) is 5.41. The lowest BCUT2D eigenvalue weighted by Crippen LogP contribution is -2.48. The highest BCUT2D eigenvalue weighted by atomic mass is 32.1. The Labute approximate surface area is 99.5 Å². The normalized spacial score (nSPS) is 25.3. The smallest absolute Gasteiger partial charge is 0.237 e. The molecule has 0 aliphatic carbocycles. The summed E-state index contributed by atoms with van der Waals surface area (Å²) in [6.07, 6.45) is 2.10. The molecule has 2 N–H and O–H groups in total. The van der Waals surface area contributed by atoms with Crippen molar-refractivity contribution in [2.24, 2.45) is 5.92 Å². The van der Waals surface area contributed by atoms with Crippen LogP contribution in [0.25, 0.3) is 0 Å². The average Bonchev–Trinajstić information content (AvgIpc) is 2.78. The van der Waals surface area contributed by atoms with E-state index in [2.05, 4.69) is 22.5 Å². The van der Waals surface area contributed by atoms with Crippen molar-refractivity contribution in [1.29, 1.82) is 0 Å². The molecule has 2 rings (SSSR count). The predicted molar refractivity (Wildman–Crippen MR) is 64.1 cm³/mol. The first-order valence-corrected chi connectivity index (χ1v) is 6.58. The zero-order chi connectivity index (χ0) is 11.4. The van der Waals surface area contributed by atoms with Gasteiger partial charge in [-0.05, 0) is 25.3 Å². The van der Waals surface area contributed by atoms with E-state index in [4.69, 9.17) is 0 Å². The van der Waals surface area contributed by atoms with Crippen LogP contribution < -0.4 is 10.6 Å². The predicted octanol–water partition coefficient (Wildman–Crippen LogP) is 1.15. The zero-order valence-electron chi connectivity index (χ0n) is 9.40. The molecular formula is C11H17N3OS. The summed E-state index contributed by atoms with van der Waals surface area (Å²) in [5.74, 6) is 0.732. The summed E-state index contributed by atoms with van der Waals surface area (Å²) in [7, 11) is 0. The number of amides is 1. The van der Waals surface area contributed by atoms with Crippen LogP contribution in [-0.2, 0) is 11.3 Å². The summed E-state index contributed by atoms with van der Waals surface area (Å²) in [5, 5.41) is 8.12. The topological polar surface area (TPSA) is 54.0 Å². The summed E-state index contributed by atoms with van der Waals surface area (Å²) in [6.45, 7) is 3.67. The lowest BCUT2D eigenvalue weighted by Gasteiger charge is -2.27. The highest BCUT2D eigenvalue weighted by Gasteiger charge is 2.24. The van der Waals surface area contributed by atoms with Gasteiger partial charge in [-0.3, -0.25) is 4.79 Å². The number of hydrogen-bond donors (Lipinski definition) is 2. The third-order valence-electron chi connectivity index (χ3n) is 2.91. The Hall–Kier alpha value is -0.940. The molecule has 1 aromatic rings. The highest BCUT2D eigenvalue weighted by molar-refractivity contribution is 7.07. The Morgan fingerprint density at radius 2 is 2.62 bits per heavy atom. The molecule has 0 aromatic carbocycles. The molecule has 1 aromatic heterocycles. The lowest BCUT2D eigenvalue weighted by molar-refractivity contribution is -0.124. The third kappa shape index (κ3) is 3.02. The van der Waals surface area contributed by atoms with E-state index in [1.54, 1.807) is 16.8 Å². The van der Waals surface area contributed by atoms with Gasteiger partial charge in [-0.2, -0.15) is 0 Å². The number of rotatable bonds is 3. The van der Waals surface area contributed by atoms with Gasteiger partial charge in [0.25, 0.3) is 0 Å². The van der Waals surface area contributed by atoms with Gasteiger partial charge < -0.3 is 10.6 Å². The molecule has 0 bridgehead atoms. The quantitative estimate of drug-likeness (QED) is 0.832. The number of nitrogens with one attached hydrogen (secondary N) is 2. The average molecular weight is 239 g/mol. The molecule has 16 heavy (non-hydrogen) atoms. The molecule has 2 heterocycles. The Balaban J connectivity index is 1.79. The van der Waals surface area contributed by atoms with Crippen LogP contribution in [-0.4, -0.2) is 23.5 Å². The van der Waals surface area contributed by atoms with Gasteiger partial charge in [0.1, 0.15) is 0 Å². The summed E-state index contributed by atoms with van der Waals surface area (Å²) < 4.78 is 0. The van der Waals surface area contributed by atoms with E-state index in [0.717, 1.165) is 25.1 Å². The summed E-state index contributed by atoms with van der Waals surface area (Å²) >= 11 is 1.55. The van der Waals surface area contributed by atoms with Crippen LogP contribution in [0, 0.1) is 5.92 Å². The van der Waals surface area contributed by atoms with Crippen LogP contribution in [0.5, 0.6) is 0 Å². The number of aromatic nitrogens is 1. The molecule has 88 valence electrons. The highest BCUT2D eigenvalue weighted by Crippen LogP contribution is 2.15. The molecule has 1 aliphatic rings. The van der Waals surface area contributed by atoms with Gasteiger partial charge in [0, 0.05) is 5.38 Å². The summed E-state index contributed by atoms with van der Waals surface area (Å²) in [5.41, 5.74) is 2.71. The lowest BCUT2D eigenvalue weighted by atomic mass is 9.94. The Bertz CT molecular complexity index is 339. The largest absolute Gasteiger partial charge is 0.349 e. The van der Waals surface area contributed by atoms with Crippen LogP contribution in [0.15, 0.2) is 10.9 Å². The molecule has 4 nitrogen and oxygen atoms in total. The maximum atomic E-state index is 11.8. The minimum atomic E-state index is -0.0256. The Kier molecular flexibility index (Phi) is 3.90. The van der Waals surface area contributed by atoms with E-state index in [1.165, 1.54) is 0 Å². The fraction of sp³-hybridized carbons (Fsp3) is 0.636. The SMILES string of the molecule is CC1CCNC(C(=O)NCc2cscn2)C1. The van der Waals surface area contributed by atoms with E-state index >= 15 is 0 Å². The van der Waals surface area contributed by atoms with E-state index in [9.17, 15) is 4.79 Å². The summed E-state index contributed by atoms with van der Waals surface area (Å²) in [4.78, 5) is 16.0. The van der Waals surface area contributed by atoms with Crippen molar-refractivity contribution >= 4 is 17.2 Å². The van der Waals surface area contributed by atoms with Gasteiger partial charge in [-0.25, -0.2) is 4.98 Å². The maximum Gasteiger partial charge on any atom is 0.237 e. The van der Waals surface area contributed by atoms with E-state index in [0.29, 0.717) is 12.5 Å². The van der Waals surface area contributed by atoms with E-state index in [-0.39, 0.29) is 11.9 Å². The number of carbonyl (C=O) groups is 1. The van der Waals surface area contributed by atoms with Crippen LogP contribution in [0.3, 0.4) is 0 Å². The van der Waals surface area contributed by atoms with Crippen molar-refractivity contribution in [2.45, 2.75) is 32.4 Å². The zero-order valence-corrected chi connectivity index (χ0v) is 10.2. The van der Waals surface area contributed by atoms with Gasteiger partial charge >= 0.3 is 0 Å². The van der Waals surface area contributed by atoms with Crippen molar-refractivity contribution in [3.05, 3.63) is 16.6 Å². The van der Waals surface area contributed by atoms with Crippen LogP contribution in [0.1, 0.15) is 25.5 Å². The molecular weight excluding hydrogens is 222 g/mol. The second-order valence-electron chi connectivity index (χ2n) is 4.33. The number of carbonyl (C=O) groups excluding carboxylic acids is 1. The third-order valence-corrected chi connectivity index (χ3v) is 3.54. The van der Waals surface area contributed by atoms with Crippen molar-refractivity contribution in [3.63, 3.8) is 0 Å². The molecule has 1 fully saturated rings. The molecule has 0 saturated carbocycles. The van der Waals surface area contributed by atoms with Crippen molar-refractivity contribution in [2.75, 3.05) is 6.54 Å². The minimum absolute atomic E-state index is 0.0256.